The van der Waals surface area contributed by atoms with E-state index >= 15 is 0 Å². The van der Waals surface area contributed by atoms with Gasteiger partial charge in [-0.1, -0.05) is 0 Å². The van der Waals surface area contributed by atoms with Gasteiger partial charge in [0.05, 0.1) is 5.56 Å². The van der Waals surface area contributed by atoms with Crippen molar-refractivity contribution < 1.29 is 22.4 Å². The molecule has 0 bridgehead atoms. The number of benzene rings is 1. The Morgan fingerprint density at radius 3 is 2.32 bits per heavy atom. The molecule has 0 aliphatic rings. The lowest BCUT2D eigenvalue weighted by molar-refractivity contribution is -0.140. The normalized spacial score (nSPS) is 11.8. The maximum Gasteiger partial charge on any atom is 0.419 e. The molecule has 6 heteroatoms. The van der Waals surface area contributed by atoms with Crippen LogP contribution in [0.1, 0.15) is 36.7 Å². The van der Waals surface area contributed by atoms with Crippen molar-refractivity contribution in [3.05, 3.63) is 35.1 Å². The van der Waals surface area contributed by atoms with Crippen molar-refractivity contribution in [2.24, 2.45) is 0 Å². The molecule has 0 saturated carbocycles. The maximum atomic E-state index is 13.1. The van der Waals surface area contributed by atoms with E-state index in [0.29, 0.717) is 18.7 Å². The molecule has 2 nitrogen and oxygen atoms in total. The van der Waals surface area contributed by atoms with Gasteiger partial charge in [0.15, 0.2) is 0 Å². The molecule has 1 amide bonds. The van der Waals surface area contributed by atoms with Gasteiger partial charge < -0.3 is 4.90 Å². The summed E-state index contributed by atoms with van der Waals surface area (Å²) in [6, 6.07) is 2.15. The van der Waals surface area contributed by atoms with Gasteiger partial charge in [0.25, 0.3) is 5.91 Å². The molecule has 0 N–H and O–H groups in total. The molecule has 0 saturated heterocycles. The minimum Gasteiger partial charge on any atom is -0.337 e. The molecule has 0 aliphatic heterocycles. The summed E-state index contributed by atoms with van der Waals surface area (Å²) in [5.74, 6) is -1.92. The summed E-state index contributed by atoms with van der Waals surface area (Å²) in [7, 11) is 0. The largest absolute Gasteiger partial charge is 0.419 e. The third-order valence-electron chi connectivity index (χ3n) is 2.74. The fourth-order valence-electron chi connectivity index (χ4n) is 1.78. The molecule has 1 rings (SSSR count). The number of carbonyl (C=O) groups is 1. The molecule has 1 aromatic rings. The average Bonchev–Trinajstić information content (AvgIpc) is 2.28. The molecule has 0 heterocycles. The second kappa shape index (κ2) is 5.59. The lowest BCUT2D eigenvalue weighted by Gasteiger charge is -2.25. The second-order valence-corrected chi connectivity index (χ2v) is 4.38. The van der Waals surface area contributed by atoms with E-state index in [0.717, 1.165) is 6.07 Å². The molecule has 0 spiro atoms. The first kappa shape index (κ1) is 15.5. The van der Waals surface area contributed by atoms with Crippen molar-refractivity contribution >= 4 is 5.91 Å². The number of nitrogens with zero attached hydrogens (tertiary/aromatic N) is 1. The minimum atomic E-state index is -4.81. The molecular formula is C13H15F4NO. The average molecular weight is 277 g/mol. The predicted octanol–water partition coefficient (Wildman–Crippen LogP) is 3.72. The molecule has 106 valence electrons. The summed E-state index contributed by atoms with van der Waals surface area (Å²) in [6.45, 7) is 5.62. The second-order valence-electron chi connectivity index (χ2n) is 4.38. The van der Waals surface area contributed by atoms with Gasteiger partial charge >= 0.3 is 6.18 Å². The highest BCUT2D eigenvalue weighted by Crippen LogP contribution is 2.32. The van der Waals surface area contributed by atoms with Crippen LogP contribution in [-0.4, -0.2) is 23.4 Å². The fourth-order valence-corrected chi connectivity index (χ4v) is 1.78. The van der Waals surface area contributed by atoms with E-state index in [4.69, 9.17) is 0 Å². The van der Waals surface area contributed by atoms with Gasteiger partial charge in [0, 0.05) is 18.2 Å². The first-order chi connectivity index (χ1) is 8.68. The zero-order valence-electron chi connectivity index (χ0n) is 10.9. The molecule has 0 unspecified atom stereocenters. The van der Waals surface area contributed by atoms with Crippen molar-refractivity contribution in [3.8, 4) is 0 Å². The Morgan fingerprint density at radius 1 is 1.32 bits per heavy atom. The highest BCUT2D eigenvalue weighted by molar-refractivity contribution is 5.94. The summed E-state index contributed by atoms with van der Waals surface area (Å²) in [6.07, 6.45) is -4.81. The molecule has 19 heavy (non-hydrogen) atoms. The van der Waals surface area contributed by atoms with Gasteiger partial charge in [-0.25, -0.2) is 4.39 Å². The van der Waals surface area contributed by atoms with E-state index in [-0.39, 0.29) is 11.6 Å². The SMILES string of the molecule is CCN(C(=O)c1ccc(F)c(C(F)(F)F)c1)C(C)C. The summed E-state index contributed by atoms with van der Waals surface area (Å²) in [4.78, 5) is 13.5. The molecule has 0 aliphatic carbocycles. The smallest absolute Gasteiger partial charge is 0.337 e. The van der Waals surface area contributed by atoms with Gasteiger partial charge in [-0.05, 0) is 39.0 Å². The Hall–Kier alpha value is -1.59. The van der Waals surface area contributed by atoms with Crippen molar-refractivity contribution in [1.82, 2.24) is 4.90 Å². The maximum absolute atomic E-state index is 13.1. The Bertz CT molecular complexity index is 468. The van der Waals surface area contributed by atoms with Crippen LogP contribution in [0.25, 0.3) is 0 Å². The zero-order valence-corrected chi connectivity index (χ0v) is 10.9. The van der Waals surface area contributed by atoms with Gasteiger partial charge in [-0.3, -0.25) is 4.79 Å². The number of hydrogen-bond donors (Lipinski definition) is 0. The first-order valence-corrected chi connectivity index (χ1v) is 5.86. The van der Waals surface area contributed by atoms with Crippen LogP contribution < -0.4 is 0 Å². The molecule has 0 aromatic heterocycles. The summed E-state index contributed by atoms with van der Waals surface area (Å²) in [5.41, 5.74) is -1.58. The van der Waals surface area contributed by atoms with Gasteiger partial charge in [-0.15, -0.1) is 0 Å². The molecule has 1 aromatic carbocycles. The molecule has 0 radical (unpaired) electrons. The predicted molar refractivity (Wildman–Crippen MR) is 63.2 cm³/mol. The lowest BCUT2D eigenvalue weighted by Crippen LogP contribution is -2.36. The van der Waals surface area contributed by atoms with Crippen LogP contribution in [0.2, 0.25) is 0 Å². The summed E-state index contributed by atoms with van der Waals surface area (Å²) >= 11 is 0. The third-order valence-corrected chi connectivity index (χ3v) is 2.74. The van der Waals surface area contributed by atoms with Crippen LogP contribution in [-0.2, 0) is 6.18 Å². The number of hydrogen-bond acceptors (Lipinski definition) is 1. The molecule has 0 fully saturated rings. The lowest BCUT2D eigenvalue weighted by atomic mass is 10.1. The first-order valence-electron chi connectivity index (χ1n) is 5.86. The topological polar surface area (TPSA) is 20.3 Å². The zero-order chi connectivity index (χ0) is 14.8. The highest BCUT2D eigenvalue weighted by Gasteiger charge is 2.35. The van der Waals surface area contributed by atoms with Gasteiger partial charge in [0.1, 0.15) is 5.82 Å². The van der Waals surface area contributed by atoms with Crippen molar-refractivity contribution in [2.45, 2.75) is 33.0 Å². The van der Waals surface area contributed by atoms with Crippen LogP contribution >= 0.6 is 0 Å². The van der Waals surface area contributed by atoms with E-state index in [1.165, 1.54) is 4.90 Å². The van der Waals surface area contributed by atoms with E-state index in [1.807, 2.05) is 0 Å². The number of halogens is 4. The van der Waals surface area contributed by atoms with Gasteiger partial charge in [0.2, 0.25) is 0 Å². The van der Waals surface area contributed by atoms with E-state index in [2.05, 4.69) is 0 Å². The molecule has 0 atom stereocenters. The number of amides is 1. The number of carbonyl (C=O) groups excluding carboxylic acids is 1. The fraction of sp³-hybridized carbons (Fsp3) is 0.462. The summed E-state index contributed by atoms with van der Waals surface area (Å²) < 4.78 is 50.8. The highest BCUT2D eigenvalue weighted by atomic mass is 19.4. The Balaban J connectivity index is 3.19. The standard InChI is InChI=1S/C13H15F4NO/c1-4-18(8(2)3)12(19)9-5-6-11(14)10(7-9)13(15,16)17/h5-8H,4H2,1-3H3. The number of rotatable bonds is 3. The monoisotopic (exact) mass is 277 g/mol. The minimum absolute atomic E-state index is 0.142. The quantitative estimate of drug-likeness (QED) is 0.771. The van der Waals surface area contributed by atoms with Crippen molar-refractivity contribution in [2.75, 3.05) is 6.54 Å². The van der Waals surface area contributed by atoms with E-state index < -0.39 is 23.5 Å². The van der Waals surface area contributed by atoms with Crippen LogP contribution in [0.5, 0.6) is 0 Å². The summed E-state index contributed by atoms with van der Waals surface area (Å²) in [5, 5.41) is 0. The van der Waals surface area contributed by atoms with Crippen molar-refractivity contribution in [3.63, 3.8) is 0 Å². The third kappa shape index (κ3) is 3.45. The van der Waals surface area contributed by atoms with Crippen molar-refractivity contribution in [1.29, 1.82) is 0 Å². The van der Waals surface area contributed by atoms with Gasteiger partial charge in [-0.2, -0.15) is 13.2 Å². The Kier molecular flexibility index (Phi) is 4.55. The van der Waals surface area contributed by atoms with E-state index in [9.17, 15) is 22.4 Å². The van der Waals surface area contributed by atoms with E-state index in [1.54, 1.807) is 20.8 Å². The Labute approximate surface area is 109 Å². The van der Waals surface area contributed by atoms with Crippen LogP contribution in [0.3, 0.4) is 0 Å². The Morgan fingerprint density at radius 2 is 1.89 bits per heavy atom. The van der Waals surface area contributed by atoms with Crippen LogP contribution in [0, 0.1) is 5.82 Å². The molecular weight excluding hydrogens is 262 g/mol. The number of alkyl halides is 3. The van der Waals surface area contributed by atoms with Crippen LogP contribution in [0.15, 0.2) is 18.2 Å². The van der Waals surface area contributed by atoms with Crippen LogP contribution in [0.4, 0.5) is 17.6 Å².